The third kappa shape index (κ3) is 4.55. The second-order valence-electron chi connectivity index (χ2n) is 6.31. The number of fused-ring (bicyclic) bond motifs is 1. The average Bonchev–Trinajstić information content (AvgIpc) is 2.78. The van der Waals surface area contributed by atoms with E-state index in [0.29, 0.717) is 48.5 Å². The Labute approximate surface area is 167 Å². The molecule has 1 aromatic heterocycles. The van der Waals surface area contributed by atoms with Crippen LogP contribution >= 0.6 is 0 Å². The predicted octanol–water partition coefficient (Wildman–Crippen LogP) is 3.12. The number of nitrogens with one attached hydrogen (secondary N) is 2. The highest BCUT2D eigenvalue weighted by molar-refractivity contribution is 6.04. The first kappa shape index (κ1) is 18.5. The van der Waals surface area contributed by atoms with Crippen molar-refractivity contribution in [3.8, 4) is 17.2 Å². The molecule has 8 nitrogen and oxygen atoms in total. The zero-order chi connectivity index (χ0) is 20.1. The Morgan fingerprint density at radius 3 is 2.48 bits per heavy atom. The number of rotatable bonds is 6. The van der Waals surface area contributed by atoms with Gasteiger partial charge >= 0.3 is 0 Å². The normalized spacial score (nSPS) is 12.2. The summed E-state index contributed by atoms with van der Waals surface area (Å²) in [6.45, 7) is 1.57. The lowest BCUT2D eigenvalue weighted by Crippen LogP contribution is -2.16. The second-order valence-corrected chi connectivity index (χ2v) is 6.31. The third-order valence-electron chi connectivity index (χ3n) is 4.32. The summed E-state index contributed by atoms with van der Waals surface area (Å²) in [6.07, 6.45) is 2.97. The van der Waals surface area contributed by atoms with Gasteiger partial charge in [-0.1, -0.05) is 12.1 Å². The zero-order valence-electron chi connectivity index (χ0n) is 15.8. The van der Waals surface area contributed by atoms with Crippen molar-refractivity contribution in [1.29, 1.82) is 0 Å². The molecule has 29 heavy (non-hydrogen) atoms. The van der Waals surface area contributed by atoms with Gasteiger partial charge in [0.15, 0.2) is 11.5 Å². The molecule has 2 N–H and O–H groups in total. The van der Waals surface area contributed by atoms with Crippen molar-refractivity contribution in [2.24, 2.45) is 0 Å². The summed E-state index contributed by atoms with van der Waals surface area (Å²) in [6, 6.07) is 13.0. The van der Waals surface area contributed by atoms with Gasteiger partial charge < -0.3 is 24.8 Å². The van der Waals surface area contributed by atoms with Crippen LogP contribution in [0.25, 0.3) is 0 Å². The molecule has 0 fully saturated rings. The van der Waals surface area contributed by atoms with Crippen LogP contribution in [0.1, 0.15) is 15.9 Å². The van der Waals surface area contributed by atoms with Crippen LogP contribution in [0.15, 0.2) is 54.9 Å². The number of aromatic nitrogens is 2. The van der Waals surface area contributed by atoms with E-state index in [1.807, 2.05) is 24.3 Å². The molecule has 8 heteroatoms. The van der Waals surface area contributed by atoms with Crippen LogP contribution in [-0.4, -0.2) is 36.2 Å². The number of ether oxygens (including phenoxy) is 3. The van der Waals surface area contributed by atoms with Gasteiger partial charge in [0.2, 0.25) is 5.95 Å². The molecule has 3 aromatic rings. The molecule has 0 radical (unpaired) electrons. The van der Waals surface area contributed by atoms with Crippen molar-refractivity contribution < 1.29 is 19.0 Å². The largest absolute Gasteiger partial charge is 0.497 e. The first-order valence-electron chi connectivity index (χ1n) is 9.11. The molecule has 1 aliphatic heterocycles. The summed E-state index contributed by atoms with van der Waals surface area (Å²) < 4.78 is 16.1. The average molecular weight is 392 g/mol. The van der Waals surface area contributed by atoms with Crippen molar-refractivity contribution in [1.82, 2.24) is 9.97 Å². The second kappa shape index (κ2) is 8.47. The van der Waals surface area contributed by atoms with Crippen LogP contribution in [0.4, 0.5) is 11.6 Å². The quantitative estimate of drug-likeness (QED) is 0.665. The minimum Gasteiger partial charge on any atom is -0.497 e. The van der Waals surface area contributed by atoms with Crippen molar-refractivity contribution in [2.75, 3.05) is 31.0 Å². The SMILES string of the molecule is COc1ccc(CNc2ncc(C(=O)Nc3ccc4c(c3)OCCO4)cn2)cc1. The highest BCUT2D eigenvalue weighted by Crippen LogP contribution is 2.32. The predicted molar refractivity (Wildman–Crippen MR) is 108 cm³/mol. The minimum atomic E-state index is -0.302. The maximum Gasteiger partial charge on any atom is 0.258 e. The van der Waals surface area contributed by atoms with Gasteiger partial charge in [0.25, 0.3) is 5.91 Å². The lowest BCUT2D eigenvalue weighted by atomic mass is 10.2. The van der Waals surface area contributed by atoms with E-state index < -0.39 is 0 Å². The third-order valence-corrected chi connectivity index (χ3v) is 4.32. The van der Waals surface area contributed by atoms with Crippen molar-refractivity contribution in [2.45, 2.75) is 6.54 Å². The first-order chi connectivity index (χ1) is 14.2. The van der Waals surface area contributed by atoms with Gasteiger partial charge in [-0.2, -0.15) is 0 Å². The van der Waals surface area contributed by atoms with E-state index in [9.17, 15) is 4.79 Å². The standard InChI is InChI=1S/C21H20N4O4/c1-27-17-5-2-14(3-6-17)11-22-21-23-12-15(13-24-21)20(26)25-16-4-7-18-19(10-16)29-9-8-28-18/h2-7,10,12-13H,8-9,11H2,1H3,(H,25,26)(H,22,23,24). The smallest absolute Gasteiger partial charge is 0.258 e. The molecule has 1 amide bonds. The first-order valence-corrected chi connectivity index (χ1v) is 9.11. The molecule has 2 heterocycles. The monoisotopic (exact) mass is 392 g/mol. The minimum absolute atomic E-state index is 0.302. The number of carbonyl (C=O) groups is 1. The van der Waals surface area contributed by atoms with E-state index in [4.69, 9.17) is 14.2 Å². The van der Waals surface area contributed by atoms with Gasteiger partial charge in [0, 0.05) is 30.7 Å². The Morgan fingerprint density at radius 1 is 1.03 bits per heavy atom. The summed E-state index contributed by atoms with van der Waals surface area (Å²) >= 11 is 0. The number of benzene rings is 2. The lowest BCUT2D eigenvalue weighted by molar-refractivity contribution is 0.102. The highest BCUT2D eigenvalue weighted by Gasteiger charge is 2.14. The molecule has 0 spiro atoms. The van der Waals surface area contributed by atoms with Crippen molar-refractivity contribution >= 4 is 17.5 Å². The van der Waals surface area contributed by atoms with E-state index >= 15 is 0 Å². The molecule has 1 aliphatic rings. The molecule has 0 saturated heterocycles. The maximum atomic E-state index is 12.4. The molecule has 0 atom stereocenters. The van der Waals surface area contributed by atoms with E-state index in [0.717, 1.165) is 11.3 Å². The maximum absolute atomic E-state index is 12.4. The number of carbonyl (C=O) groups excluding carboxylic acids is 1. The van der Waals surface area contributed by atoms with Crippen LogP contribution in [0, 0.1) is 0 Å². The summed E-state index contributed by atoms with van der Waals surface area (Å²) in [5, 5.41) is 5.93. The molecule has 2 aromatic carbocycles. The number of amides is 1. The number of nitrogens with zero attached hydrogens (tertiary/aromatic N) is 2. The molecule has 148 valence electrons. The van der Waals surface area contributed by atoms with E-state index in [-0.39, 0.29) is 5.91 Å². The fourth-order valence-electron chi connectivity index (χ4n) is 2.79. The van der Waals surface area contributed by atoms with Gasteiger partial charge in [-0.05, 0) is 29.8 Å². The molecule has 0 saturated carbocycles. The zero-order valence-corrected chi connectivity index (χ0v) is 15.8. The summed E-state index contributed by atoms with van der Waals surface area (Å²) in [5.74, 6) is 2.23. The Kier molecular flexibility index (Phi) is 5.42. The summed E-state index contributed by atoms with van der Waals surface area (Å²) in [4.78, 5) is 20.9. The van der Waals surface area contributed by atoms with E-state index in [1.165, 1.54) is 12.4 Å². The molecule has 0 bridgehead atoms. The fraction of sp³-hybridized carbons (Fsp3) is 0.190. The van der Waals surface area contributed by atoms with Crippen molar-refractivity contribution in [3.05, 3.63) is 66.0 Å². The Hall–Kier alpha value is -3.81. The molecule has 0 unspecified atom stereocenters. The molecular formula is C21H20N4O4. The van der Waals surface area contributed by atoms with Crippen molar-refractivity contribution in [3.63, 3.8) is 0 Å². The van der Waals surface area contributed by atoms with E-state index in [2.05, 4.69) is 20.6 Å². The summed E-state index contributed by atoms with van der Waals surface area (Å²) in [5.41, 5.74) is 2.03. The number of anilines is 2. The fourth-order valence-corrected chi connectivity index (χ4v) is 2.79. The van der Waals surface area contributed by atoms with Gasteiger partial charge in [-0.25, -0.2) is 9.97 Å². The topological polar surface area (TPSA) is 94.6 Å². The molecular weight excluding hydrogens is 372 g/mol. The Morgan fingerprint density at radius 2 is 1.76 bits per heavy atom. The van der Waals surface area contributed by atoms with Crippen LogP contribution in [0.2, 0.25) is 0 Å². The molecule has 4 rings (SSSR count). The number of methoxy groups -OCH3 is 1. The van der Waals surface area contributed by atoms with Gasteiger partial charge in [0.1, 0.15) is 19.0 Å². The number of hydrogen-bond acceptors (Lipinski definition) is 7. The summed E-state index contributed by atoms with van der Waals surface area (Å²) in [7, 11) is 1.63. The van der Waals surface area contributed by atoms with Gasteiger partial charge in [-0.15, -0.1) is 0 Å². The molecule has 0 aliphatic carbocycles. The Balaban J connectivity index is 1.35. The van der Waals surface area contributed by atoms with Crippen LogP contribution in [0.3, 0.4) is 0 Å². The van der Waals surface area contributed by atoms with E-state index in [1.54, 1.807) is 25.3 Å². The number of hydrogen-bond donors (Lipinski definition) is 2. The van der Waals surface area contributed by atoms with Crippen LogP contribution < -0.4 is 24.8 Å². The van der Waals surface area contributed by atoms with Gasteiger partial charge in [0.05, 0.1) is 12.7 Å². The lowest BCUT2D eigenvalue weighted by Gasteiger charge is -2.19. The van der Waals surface area contributed by atoms with Crippen LogP contribution in [0.5, 0.6) is 17.2 Å². The van der Waals surface area contributed by atoms with Gasteiger partial charge in [-0.3, -0.25) is 4.79 Å². The Bertz CT molecular complexity index is 991. The highest BCUT2D eigenvalue weighted by atomic mass is 16.6. The van der Waals surface area contributed by atoms with Crippen LogP contribution in [-0.2, 0) is 6.54 Å².